The SMILES string of the molecule is Cc1cc(NS(=O)(=O)c2ccc(C(C)N)cc2)ccc1Br. The number of nitrogens with one attached hydrogen (secondary N) is 1. The Morgan fingerprint density at radius 3 is 2.29 bits per heavy atom. The van der Waals surface area contributed by atoms with Crippen molar-refractivity contribution in [3.8, 4) is 0 Å². The van der Waals surface area contributed by atoms with E-state index in [0.29, 0.717) is 5.69 Å². The average Bonchev–Trinajstić information content (AvgIpc) is 2.43. The normalized spacial score (nSPS) is 13.0. The first-order chi connectivity index (χ1) is 9.79. The minimum Gasteiger partial charge on any atom is -0.324 e. The van der Waals surface area contributed by atoms with E-state index in [9.17, 15) is 8.42 Å². The van der Waals surface area contributed by atoms with Gasteiger partial charge in [-0.3, -0.25) is 4.72 Å². The number of sulfonamides is 1. The second kappa shape index (κ2) is 6.17. The first-order valence-electron chi connectivity index (χ1n) is 6.44. The van der Waals surface area contributed by atoms with Crippen molar-refractivity contribution in [3.63, 3.8) is 0 Å². The van der Waals surface area contributed by atoms with Crippen LogP contribution in [0.25, 0.3) is 0 Å². The predicted molar refractivity (Wildman–Crippen MR) is 88.7 cm³/mol. The zero-order valence-corrected chi connectivity index (χ0v) is 14.2. The van der Waals surface area contributed by atoms with Crippen molar-refractivity contribution in [1.82, 2.24) is 0 Å². The van der Waals surface area contributed by atoms with Crippen molar-refractivity contribution in [2.45, 2.75) is 24.8 Å². The van der Waals surface area contributed by atoms with E-state index in [1.165, 1.54) is 0 Å². The number of aryl methyl sites for hydroxylation is 1. The fraction of sp³-hybridized carbons (Fsp3) is 0.200. The predicted octanol–water partition coefficient (Wildman–Crippen LogP) is 3.58. The molecule has 0 fully saturated rings. The Labute approximate surface area is 133 Å². The monoisotopic (exact) mass is 368 g/mol. The quantitative estimate of drug-likeness (QED) is 0.865. The zero-order valence-electron chi connectivity index (χ0n) is 11.8. The van der Waals surface area contributed by atoms with Gasteiger partial charge in [0.1, 0.15) is 0 Å². The maximum Gasteiger partial charge on any atom is 0.261 e. The molecule has 0 bridgehead atoms. The number of rotatable bonds is 4. The zero-order chi connectivity index (χ0) is 15.6. The van der Waals surface area contributed by atoms with E-state index in [2.05, 4.69) is 20.7 Å². The van der Waals surface area contributed by atoms with Crippen LogP contribution in [0.1, 0.15) is 24.1 Å². The minimum atomic E-state index is -3.59. The van der Waals surface area contributed by atoms with Gasteiger partial charge in [0.2, 0.25) is 0 Å². The van der Waals surface area contributed by atoms with Gasteiger partial charge in [-0.05, 0) is 55.3 Å². The van der Waals surface area contributed by atoms with Gasteiger partial charge in [-0.1, -0.05) is 28.1 Å². The van der Waals surface area contributed by atoms with E-state index in [0.717, 1.165) is 15.6 Å². The molecular formula is C15H17BrN2O2S. The molecule has 0 heterocycles. The smallest absolute Gasteiger partial charge is 0.261 e. The number of hydrogen-bond donors (Lipinski definition) is 2. The van der Waals surface area contributed by atoms with Crippen molar-refractivity contribution >= 4 is 31.6 Å². The van der Waals surface area contributed by atoms with Crippen LogP contribution in [-0.2, 0) is 10.0 Å². The average molecular weight is 369 g/mol. The van der Waals surface area contributed by atoms with Gasteiger partial charge in [-0.15, -0.1) is 0 Å². The van der Waals surface area contributed by atoms with E-state index in [1.54, 1.807) is 36.4 Å². The maximum atomic E-state index is 12.3. The molecule has 0 spiro atoms. The number of nitrogens with two attached hydrogens (primary N) is 1. The third-order valence-electron chi connectivity index (χ3n) is 3.13. The molecule has 3 N–H and O–H groups in total. The van der Waals surface area contributed by atoms with Crippen LogP contribution >= 0.6 is 15.9 Å². The Bertz CT molecular complexity index is 741. The summed E-state index contributed by atoms with van der Waals surface area (Å²) in [7, 11) is -3.59. The van der Waals surface area contributed by atoms with Crippen LogP contribution in [0.4, 0.5) is 5.69 Å². The molecule has 0 saturated heterocycles. The molecule has 2 rings (SSSR count). The van der Waals surface area contributed by atoms with E-state index < -0.39 is 10.0 Å². The van der Waals surface area contributed by atoms with Gasteiger partial charge >= 0.3 is 0 Å². The number of halogens is 1. The first kappa shape index (κ1) is 16.0. The van der Waals surface area contributed by atoms with Crippen LogP contribution in [0.2, 0.25) is 0 Å². The third-order valence-corrected chi connectivity index (χ3v) is 5.41. The highest BCUT2D eigenvalue weighted by Crippen LogP contribution is 2.23. The standard InChI is InChI=1S/C15H17BrN2O2S/c1-10-9-13(5-8-15(10)16)18-21(19,20)14-6-3-12(4-7-14)11(2)17/h3-9,11,18H,17H2,1-2H3. The van der Waals surface area contributed by atoms with E-state index in [1.807, 2.05) is 19.9 Å². The summed E-state index contributed by atoms with van der Waals surface area (Å²) in [6.45, 7) is 3.76. The fourth-order valence-electron chi connectivity index (χ4n) is 1.87. The summed E-state index contributed by atoms with van der Waals surface area (Å²) in [5, 5.41) is 0. The molecule has 0 aliphatic rings. The molecule has 2 aromatic rings. The Morgan fingerprint density at radius 1 is 1.14 bits per heavy atom. The lowest BCUT2D eigenvalue weighted by Crippen LogP contribution is -2.13. The fourth-order valence-corrected chi connectivity index (χ4v) is 3.17. The maximum absolute atomic E-state index is 12.3. The van der Waals surface area contributed by atoms with Crippen molar-refractivity contribution in [2.24, 2.45) is 5.73 Å². The lowest BCUT2D eigenvalue weighted by atomic mass is 10.1. The van der Waals surface area contributed by atoms with Gasteiger partial charge in [0.15, 0.2) is 0 Å². The van der Waals surface area contributed by atoms with Crippen molar-refractivity contribution in [3.05, 3.63) is 58.1 Å². The Morgan fingerprint density at radius 2 is 1.76 bits per heavy atom. The molecule has 21 heavy (non-hydrogen) atoms. The Hall–Kier alpha value is -1.37. The molecule has 6 heteroatoms. The van der Waals surface area contributed by atoms with Crippen LogP contribution < -0.4 is 10.5 Å². The van der Waals surface area contributed by atoms with Gasteiger partial charge < -0.3 is 5.73 Å². The van der Waals surface area contributed by atoms with Gasteiger partial charge in [0, 0.05) is 16.2 Å². The molecule has 0 radical (unpaired) electrons. The number of benzene rings is 2. The molecule has 0 aromatic heterocycles. The largest absolute Gasteiger partial charge is 0.324 e. The highest BCUT2D eigenvalue weighted by atomic mass is 79.9. The van der Waals surface area contributed by atoms with Gasteiger partial charge in [-0.2, -0.15) is 0 Å². The molecule has 1 unspecified atom stereocenters. The van der Waals surface area contributed by atoms with Gasteiger partial charge in [0.05, 0.1) is 4.90 Å². The minimum absolute atomic E-state index is 0.121. The van der Waals surface area contributed by atoms with Crippen LogP contribution in [0.5, 0.6) is 0 Å². The van der Waals surface area contributed by atoms with Crippen LogP contribution in [0.15, 0.2) is 51.8 Å². The molecule has 0 aliphatic heterocycles. The third kappa shape index (κ3) is 3.84. The number of anilines is 1. The second-order valence-corrected chi connectivity index (χ2v) is 7.46. The lowest BCUT2D eigenvalue weighted by molar-refractivity contribution is 0.601. The molecular weight excluding hydrogens is 352 g/mol. The van der Waals surface area contributed by atoms with Crippen molar-refractivity contribution in [2.75, 3.05) is 4.72 Å². The topological polar surface area (TPSA) is 72.2 Å². The summed E-state index contributed by atoms with van der Waals surface area (Å²) in [5.41, 5.74) is 8.15. The van der Waals surface area contributed by atoms with Crippen molar-refractivity contribution in [1.29, 1.82) is 0 Å². The highest BCUT2D eigenvalue weighted by molar-refractivity contribution is 9.10. The van der Waals surface area contributed by atoms with Crippen molar-refractivity contribution < 1.29 is 8.42 Å². The van der Waals surface area contributed by atoms with Gasteiger partial charge in [0.25, 0.3) is 10.0 Å². The molecule has 0 saturated carbocycles. The van der Waals surface area contributed by atoms with E-state index in [-0.39, 0.29) is 10.9 Å². The van der Waals surface area contributed by atoms with Crippen LogP contribution in [0.3, 0.4) is 0 Å². The van der Waals surface area contributed by atoms with Crippen LogP contribution in [-0.4, -0.2) is 8.42 Å². The molecule has 0 aliphatic carbocycles. The summed E-state index contributed by atoms with van der Waals surface area (Å²) < 4.78 is 28.2. The number of hydrogen-bond acceptors (Lipinski definition) is 3. The molecule has 4 nitrogen and oxygen atoms in total. The summed E-state index contributed by atoms with van der Waals surface area (Å²) >= 11 is 3.39. The first-order valence-corrected chi connectivity index (χ1v) is 8.72. The molecule has 2 aromatic carbocycles. The summed E-state index contributed by atoms with van der Waals surface area (Å²) in [6, 6.07) is 11.8. The summed E-state index contributed by atoms with van der Waals surface area (Å²) in [5.74, 6) is 0. The van der Waals surface area contributed by atoms with E-state index in [4.69, 9.17) is 5.73 Å². The van der Waals surface area contributed by atoms with Gasteiger partial charge in [-0.25, -0.2) is 8.42 Å². The van der Waals surface area contributed by atoms with E-state index >= 15 is 0 Å². The summed E-state index contributed by atoms with van der Waals surface area (Å²) in [6.07, 6.45) is 0. The highest BCUT2D eigenvalue weighted by Gasteiger charge is 2.14. The summed E-state index contributed by atoms with van der Waals surface area (Å²) in [4.78, 5) is 0.215. The molecule has 1 atom stereocenters. The molecule has 0 amide bonds. The molecule has 112 valence electrons. The Balaban J connectivity index is 2.27. The Kier molecular flexibility index (Phi) is 4.70. The lowest BCUT2D eigenvalue weighted by Gasteiger charge is -2.11. The van der Waals surface area contributed by atoms with Crippen LogP contribution in [0, 0.1) is 6.92 Å². The second-order valence-electron chi connectivity index (χ2n) is 4.93.